The summed E-state index contributed by atoms with van der Waals surface area (Å²) in [4.78, 5) is 14.5. The van der Waals surface area contributed by atoms with Crippen molar-refractivity contribution < 1.29 is 9.53 Å². The number of nitriles is 1. The zero-order chi connectivity index (χ0) is 13.7. The summed E-state index contributed by atoms with van der Waals surface area (Å²) in [5, 5.41) is 12.1. The van der Waals surface area contributed by atoms with Gasteiger partial charge in [0.05, 0.1) is 31.6 Å². The molecule has 1 saturated carbocycles. The summed E-state index contributed by atoms with van der Waals surface area (Å²) in [7, 11) is 0. The Balaban J connectivity index is 1.93. The van der Waals surface area contributed by atoms with Gasteiger partial charge in [0.25, 0.3) is 0 Å². The van der Waals surface area contributed by atoms with E-state index in [2.05, 4.69) is 18.3 Å². The number of hydrogen-bond acceptors (Lipinski definition) is 4. The Labute approximate surface area is 114 Å². The fourth-order valence-electron chi connectivity index (χ4n) is 2.57. The summed E-state index contributed by atoms with van der Waals surface area (Å²) in [6.45, 7) is 4.72. The molecule has 2 atom stereocenters. The first-order valence-corrected chi connectivity index (χ1v) is 7.26. The SMILES string of the molecule is CCCNC1COCC1C(=O)N(CCC#N)C1CC1. The lowest BCUT2D eigenvalue weighted by atomic mass is 10.0. The molecule has 1 aliphatic carbocycles. The molecule has 0 bridgehead atoms. The summed E-state index contributed by atoms with van der Waals surface area (Å²) in [6.07, 6.45) is 3.64. The largest absolute Gasteiger partial charge is 0.379 e. The van der Waals surface area contributed by atoms with Gasteiger partial charge in [0.1, 0.15) is 0 Å². The predicted octanol–water partition coefficient (Wildman–Crippen LogP) is 0.906. The van der Waals surface area contributed by atoms with Crippen LogP contribution in [0.15, 0.2) is 0 Å². The highest BCUT2D eigenvalue weighted by Crippen LogP contribution is 2.29. The minimum absolute atomic E-state index is 0.0779. The lowest BCUT2D eigenvalue weighted by Gasteiger charge is -2.27. The highest BCUT2D eigenvalue weighted by molar-refractivity contribution is 5.80. The van der Waals surface area contributed by atoms with E-state index in [1.807, 2.05) is 4.90 Å². The van der Waals surface area contributed by atoms with Crippen LogP contribution in [-0.4, -0.2) is 49.2 Å². The van der Waals surface area contributed by atoms with Crippen LogP contribution in [0.4, 0.5) is 0 Å². The molecule has 106 valence electrons. The van der Waals surface area contributed by atoms with Crippen molar-refractivity contribution in [2.45, 2.75) is 44.7 Å². The third-order valence-corrected chi connectivity index (χ3v) is 3.79. The van der Waals surface area contributed by atoms with Crippen molar-refractivity contribution in [3.05, 3.63) is 0 Å². The highest BCUT2D eigenvalue weighted by atomic mass is 16.5. The van der Waals surface area contributed by atoms with E-state index in [-0.39, 0.29) is 17.9 Å². The second-order valence-corrected chi connectivity index (χ2v) is 5.38. The Kier molecular flexibility index (Phi) is 5.17. The Morgan fingerprint density at radius 2 is 2.26 bits per heavy atom. The summed E-state index contributed by atoms with van der Waals surface area (Å²) >= 11 is 0. The van der Waals surface area contributed by atoms with Crippen molar-refractivity contribution in [3.8, 4) is 6.07 Å². The first kappa shape index (κ1) is 14.3. The monoisotopic (exact) mass is 265 g/mol. The van der Waals surface area contributed by atoms with Gasteiger partial charge in [0.2, 0.25) is 5.91 Å². The zero-order valence-corrected chi connectivity index (χ0v) is 11.6. The van der Waals surface area contributed by atoms with Crippen molar-refractivity contribution in [2.24, 2.45) is 5.92 Å². The fraction of sp³-hybridized carbons (Fsp3) is 0.857. The molecule has 2 unspecified atom stereocenters. The average molecular weight is 265 g/mol. The van der Waals surface area contributed by atoms with Crippen LogP contribution in [0.3, 0.4) is 0 Å². The number of carbonyl (C=O) groups excluding carboxylic acids is 1. The molecular formula is C14H23N3O2. The van der Waals surface area contributed by atoms with Crippen molar-refractivity contribution in [3.63, 3.8) is 0 Å². The number of nitrogens with one attached hydrogen (secondary N) is 1. The molecule has 19 heavy (non-hydrogen) atoms. The molecule has 0 radical (unpaired) electrons. The molecule has 0 spiro atoms. The van der Waals surface area contributed by atoms with Gasteiger partial charge in [0.15, 0.2) is 0 Å². The van der Waals surface area contributed by atoms with Crippen LogP contribution in [-0.2, 0) is 9.53 Å². The van der Waals surface area contributed by atoms with Crippen LogP contribution in [0.25, 0.3) is 0 Å². The minimum Gasteiger partial charge on any atom is -0.379 e. The summed E-state index contributed by atoms with van der Waals surface area (Å²) in [6, 6.07) is 2.63. The van der Waals surface area contributed by atoms with Gasteiger partial charge < -0.3 is 15.0 Å². The molecule has 1 N–H and O–H groups in total. The number of amides is 1. The predicted molar refractivity (Wildman–Crippen MR) is 71.4 cm³/mol. The van der Waals surface area contributed by atoms with E-state index in [1.54, 1.807) is 0 Å². The van der Waals surface area contributed by atoms with Crippen molar-refractivity contribution in [2.75, 3.05) is 26.3 Å². The summed E-state index contributed by atoms with van der Waals surface area (Å²) in [5.74, 6) is 0.0923. The van der Waals surface area contributed by atoms with Gasteiger partial charge in [0, 0.05) is 18.6 Å². The Hall–Kier alpha value is -1.12. The van der Waals surface area contributed by atoms with Crippen LogP contribution < -0.4 is 5.32 Å². The normalized spacial score (nSPS) is 26.1. The van der Waals surface area contributed by atoms with Crippen LogP contribution >= 0.6 is 0 Å². The minimum atomic E-state index is -0.0779. The topological polar surface area (TPSA) is 65.4 Å². The highest BCUT2D eigenvalue weighted by Gasteiger charge is 2.40. The standard InChI is InChI=1S/C14H23N3O2/c1-2-7-16-13-10-19-9-12(13)14(18)17(8-3-6-15)11-4-5-11/h11-13,16H,2-5,7-10H2,1H3. The Morgan fingerprint density at radius 3 is 2.89 bits per heavy atom. The lowest BCUT2D eigenvalue weighted by molar-refractivity contribution is -0.136. The van der Waals surface area contributed by atoms with Crippen molar-refractivity contribution in [1.82, 2.24) is 10.2 Å². The molecule has 2 fully saturated rings. The van der Waals surface area contributed by atoms with E-state index >= 15 is 0 Å². The first-order chi connectivity index (χ1) is 9.27. The maximum atomic E-state index is 12.6. The molecule has 1 saturated heterocycles. The second-order valence-electron chi connectivity index (χ2n) is 5.38. The first-order valence-electron chi connectivity index (χ1n) is 7.26. The smallest absolute Gasteiger partial charge is 0.229 e. The van der Waals surface area contributed by atoms with Crippen LogP contribution in [0.2, 0.25) is 0 Å². The maximum absolute atomic E-state index is 12.6. The molecule has 0 aromatic rings. The van der Waals surface area contributed by atoms with Gasteiger partial charge in [-0.1, -0.05) is 6.92 Å². The van der Waals surface area contributed by atoms with Gasteiger partial charge in [-0.2, -0.15) is 5.26 Å². The third-order valence-electron chi connectivity index (χ3n) is 3.79. The third kappa shape index (κ3) is 3.68. The Morgan fingerprint density at radius 1 is 1.47 bits per heavy atom. The number of carbonyl (C=O) groups is 1. The molecule has 2 aliphatic rings. The van der Waals surface area contributed by atoms with Crippen molar-refractivity contribution in [1.29, 1.82) is 5.26 Å². The van der Waals surface area contributed by atoms with E-state index < -0.39 is 0 Å². The molecule has 5 nitrogen and oxygen atoms in total. The van der Waals surface area contributed by atoms with Crippen LogP contribution in [0.5, 0.6) is 0 Å². The van der Waals surface area contributed by atoms with Crippen LogP contribution in [0.1, 0.15) is 32.6 Å². The Bertz CT molecular complexity index is 349. The summed E-state index contributed by atoms with van der Waals surface area (Å²) < 4.78 is 5.47. The zero-order valence-electron chi connectivity index (χ0n) is 11.6. The van der Waals surface area contributed by atoms with Gasteiger partial charge in [-0.25, -0.2) is 0 Å². The fourth-order valence-corrected chi connectivity index (χ4v) is 2.57. The molecular weight excluding hydrogens is 242 g/mol. The molecule has 2 rings (SSSR count). The van der Waals surface area contributed by atoms with E-state index in [9.17, 15) is 4.79 Å². The number of hydrogen-bond donors (Lipinski definition) is 1. The maximum Gasteiger partial charge on any atom is 0.229 e. The molecule has 5 heteroatoms. The van der Waals surface area contributed by atoms with Crippen LogP contribution in [0, 0.1) is 17.2 Å². The number of ether oxygens (including phenoxy) is 1. The van der Waals surface area contributed by atoms with E-state index in [0.29, 0.717) is 32.2 Å². The quantitative estimate of drug-likeness (QED) is 0.743. The van der Waals surface area contributed by atoms with E-state index in [0.717, 1.165) is 25.8 Å². The summed E-state index contributed by atoms with van der Waals surface area (Å²) in [5.41, 5.74) is 0. The lowest BCUT2D eigenvalue weighted by Crippen LogP contribution is -2.47. The van der Waals surface area contributed by atoms with Gasteiger partial charge in [-0.05, 0) is 25.8 Å². The number of nitrogens with zero attached hydrogens (tertiary/aromatic N) is 2. The van der Waals surface area contributed by atoms with Crippen molar-refractivity contribution >= 4 is 5.91 Å². The van der Waals surface area contributed by atoms with E-state index in [1.165, 1.54) is 0 Å². The van der Waals surface area contributed by atoms with Gasteiger partial charge in [-0.3, -0.25) is 4.79 Å². The molecule has 0 aromatic heterocycles. The molecule has 1 heterocycles. The average Bonchev–Trinajstić information content (AvgIpc) is 3.14. The van der Waals surface area contributed by atoms with E-state index in [4.69, 9.17) is 10.00 Å². The molecule has 1 aliphatic heterocycles. The van der Waals surface area contributed by atoms with Gasteiger partial charge >= 0.3 is 0 Å². The molecule has 0 aromatic carbocycles. The van der Waals surface area contributed by atoms with Gasteiger partial charge in [-0.15, -0.1) is 0 Å². The molecule has 1 amide bonds. The second kappa shape index (κ2) is 6.88. The number of rotatable bonds is 7.